The molecule has 5 heteroatoms. The zero-order chi connectivity index (χ0) is 14.8. The Labute approximate surface area is 127 Å². The van der Waals surface area contributed by atoms with Crippen LogP contribution in [0.2, 0.25) is 5.02 Å². The summed E-state index contributed by atoms with van der Waals surface area (Å²) in [5.74, 6) is 0.346. The molecular formula is C16H14ClNO3. The van der Waals surface area contributed by atoms with Crippen molar-refractivity contribution in [2.75, 3.05) is 6.61 Å². The summed E-state index contributed by atoms with van der Waals surface area (Å²) in [5, 5.41) is 13.1. The molecule has 2 aromatic carbocycles. The van der Waals surface area contributed by atoms with Crippen molar-refractivity contribution in [3.05, 3.63) is 58.6 Å². The van der Waals surface area contributed by atoms with Crippen LogP contribution in [0.4, 0.5) is 0 Å². The molecule has 3 rings (SSSR count). The minimum Gasteiger partial charge on any atom is -0.507 e. The summed E-state index contributed by atoms with van der Waals surface area (Å²) in [6.07, 6.45) is 0.685. The quantitative estimate of drug-likeness (QED) is 0.895. The highest BCUT2D eigenvalue weighted by Crippen LogP contribution is 2.32. The number of carbonyl (C=O) groups is 1. The van der Waals surface area contributed by atoms with Crippen LogP contribution in [0.15, 0.2) is 42.5 Å². The van der Waals surface area contributed by atoms with Crippen molar-refractivity contribution in [2.45, 2.75) is 12.5 Å². The van der Waals surface area contributed by atoms with Gasteiger partial charge in [-0.2, -0.15) is 0 Å². The van der Waals surface area contributed by atoms with Crippen LogP contribution in [-0.2, 0) is 0 Å². The van der Waals surface area contributed by atoms with E-state index in [1.54, 1.807) is 0 Å². The van der Waals surface area contributed by atoms with Gasteiger partial charge < -0.3 is 15.2 Å². The molecule has 0 radical (unpaired) electrons. The van der Waals surface area contributed by atoms with E-state index in [9.17, 15) is 9.90 Å². The van der Waals surface area contributed by atoms with Gasteiger partial charge in [0.1, 0.15) is 11.5 Å². The van der Waals surface area contributed by atoms with E-state index >= 15 is 0 Å². The summed E-state index contributed by atoms with van der Waals surface area (Å²) >= 11 is 5.87. The Morgan fingerprint density at radius 2 is 2.10 bits per heavy atom. The molecular weight excluding hydrogens is 290 g/mol. The number of benzene rings is 2. The molecule has 0 aliphatic carbocycles. The number of ether oxygens (including phenoxy) is 1. The van der Waals surface area contributed by atoms with Crippen LogP contribution in [-0.4, -0.2) is 17.6 Å². The van der Waals surface area contributed by atoms with Crippen molar-refractivity contribution < 1.29 is 14.6 Å². The molecule has 0 saturated heterocycles. The van der Waals surface area contributed by atoms with E-state index in [4.69, 9.17) is 16.3 Å². The fourth-order valence-electron chi connectivity index (χ4n) is 2.42. The van der Waals surface area contributed by atoms with Crippen molar-refractivity contribution in [1.82, 2.24) is 5.32 Å². The Morgan fingerprint density at radius 3 is 2.95 bits per heavy atom. The van der Waals surface area contributed by atoms with Gasteiger partial charge in [0.05, 0.1) is 18.2 Å². The molecule has 0 unspecified atom stereocenters. The van der Waals surface area contributed by atoms with Gasteiger partial charge in [0.15, 0.2) is 0 Å². The number of para-hydroxylation sites is 1. The molecule has 0 spiro atoms. The van der Waals surface area contributed by atoms with E-state index in [2.05, 4.69) is 5.32 Å². The number of phenolic OH excluding ortho intramolecular Hbond substituents is 1. The summed E-state index contributed by atoms with van der Waals surface area (Å²) in [7, 11) is 0. The van der Waals surface area contributed by atoms with E-state index in [1.165, 1.54) is 18.2 Å². The Bertz CT molecular complexity index is 687. The van der Waals surface area contributed by atoms with Gasteiger partial charge in [-0.15, -0.1) is 0 Å². The van der Waals surface area contributed by atoms with Crippen LogP contribution in [0.1, 0.15) is 28.4 Å². The van der Waals surface area contributed by atoms with Crippen molar-refractivity contribution >= 4 is 17.5 Å². The normalized spacial score (nSPS) is 16.7. The molecule has 1 heterocycles. The second-order valence-electron chi connectivity index (χ2n) is 4.86. The molecule has 0 aromatic heterocycles. The van der Waals surface area contributed by atoms with Crippen LogP contribution >= 0.6 is 11.6 Å². The first-order valence-electron chi connectivity index (χ1n) is 6.66. The topological polar surface area (TPSA) is 58.6 Å². The molecule has 1 amide bonds. The van der Waals surface area contributed by atoms with Crippen molar-refractivity contribution in [3.8, 4) is 11.5 Å². The summed E-state index contributed by atoms with van der Waals surface area (Å²) in [6, 6.07) is 11.9. The number of carbonyl (C=O) groups excluding carboxylic acids is 1. The van der Waals surface area contributed by atoms with E-state index in [0.717, 1.165) is 11.3 Å². The maximum Gasteiger partial charge on any atom is 0.255 e. The minimum atomic E-state index is -0.350. The van der Waals surface area contributed by atoms with Gasteiger partial charge in [0, 0.05) is 17.0 Å². The third kappa shape index (κ3) is 2.81. The first-order chi connectivity index (χ1) is 10.1. The number of hydrogen-bond acceptors (Lipinski definition) is 3. The summed E-state index contributed by atoms with van der Waals surface area (Å²) in [5.41, 5.74) is 1.12. The molecule has 21 heavy (non-hydrogen) atoms. The molecule has 1 atom stereocenters. The molecule has 0 fully saturated rings. The predicted molar refractivity (Wildman–Crippen MR) is 79.9 cm³/mol. The number of aromatic hydroxyl groups is 1. The lowest BCUT2D eigenvalue weighted by molar-refractivity contribution is 0.0922. The third-order valence-corrected chi connectivity index (χ3v) is 3.70. The molecule has 2 aromatic rings. The van der Waals surface area contributed by atoms with Crippen LogP contribution < -0.4 is 10.1 Å². The van der Waals surface area contributed by atoms with Gasteiger partial charge in [-0.05, 0) is 24.3 Å². The average molecular weight is 304 g/mol. The minimum absolute atomic E-state index is 0.0859. The second kappa shape index (κ2) is 5.66. The first kappa shape index (κ1) is 13.8. The standard InChI is InChI=1S/C16H14ClNO3/c17-10-5-6-14(19)12(9-10)16(20)18-13-7-8-21-15-4-2-1-3-11(13)15/h1-6,9,13,19H,7-8H2,(H,18,20)/t13-/m1/s1. The Morgan fingerprint density at radius 1 is 1.29 bits per heavy atom. The monoisotopic (exact) mass is 303 g/mol. The molecule has 1 aliphatic rings. The second-order valence-corrected chi connectivity index (χ2v) is 5.30. The maximum absolute atomic E-state index is 12.3. The van der Waals surface area contributed by atoms with Gasteiger partial charge in [0.25, 0.3) is 5.91 Å². The third-order valence-electron chi connectivity index (χ3n) is 3.47. The molecule has 0 bridgehead atoms. The highest BCUT2D eigenvalue weighted by Gasteiger charge is 2.24. The van der Waals surface area contributed by atoms with Gasteiger partial charge in [-0.3, -0.25) is 4.79 Å². The van der Waals surface area contributed by atoms with E-state index in [1.807, 2.05) is 24.3 Å². The number of rotatable bonds is 2. The Balaban J connectivity index is 1.84. The first-order valence-corrected chi connectivity index (χ1v) is 7.04. The van der Waals surface area contributed by atoms with Gasteiger partial charge in [-0.1, -0.05) is 29.8 Å². The molecule has 108 valence electrons. The highest BCUT2D eigenvalue weighted by atomic mass is 35.5. The number of fused-ring (bicyclic) bond motifs is 1. The fraction of sp³-hybridized carbons (Fsp3) is 0.188. The number of amides is 1. The summed E-state index contributed by atoms with van der Waals surface area (Å²) in [6.45, 7) is 0.545. The summed E-state index contributed by atoms with van der Waals surface area (Å²) < 4.78 is 5.56. The van der Waals surface area contributed by atoms with Crippen LogP contribution in [0, 0.1) is 0 Å². The van der Waals surface area contributed by atoms with E-state index < -0.39 is 0 Å². The summed E-state index contributed by atoms with van der Waals surface area (Å²) in [4.78, 5) is 12.3. The smallest absolute Gasteiger partial charge is 0.255 e. The van der Waals surface area contributed by atoms with E-state index in [0.29, 0.717) is 18.1 Å². The lowest BCUT2D eigenvalue weighted by Crippen LogP contribution is -2.32. The number of phenols is 1. The number of nitrogens with one attached hydrogen (secondary N) is 1. The van der Waals surface area contributed by atoms with Gasteiger partial charge in [-0.25, -0.2) is 0 Å². The van der Waals surface area contributed by atoms with Crippen molar-refractivity contribution in [3.63, 3.8) is 0 Å². The maximum atomic E-state index is 12.3. The van der Waals surface area contributed by atoms with Crippen LogP contribution in [0.5, 0.6) is 11.5 Å². The zero-order valence-corrected chi connectivity index (χ0v) is 11.9. The molecule has 2 N–H and O–H groups in total. The fourth-order valence-corrected chi connectivity index (χ4v) is 2.59. The highest BCUT2D eigenvalue weighted by molar-refractivity contribution is 6.31. The van der Waals surface area contributed by atoms with Gasteiger partial charge in [0.2, 0.25) is 0 Å². The van der Waals surface area contributed by atoms with Crippen LogP contribution in [0.25, 0.3) is 0 Å². The van der Waals surface area contributed by atoms with Crippen molar-refractivity contribution in [1.29, 1.82) is 0 Å². The van der Waals surface area contributed by atoms with E-state index in [-0.39, 0.29) is 23.3 Å². The van der Waals surface area contributed by atoms with Crippen molar-refractivity contribution in [2.24, 2.45) is 0 Å². The van der Waals surface area contributed by atoms with Crippen LogP contribution in [0.3, 0.4) is 0 Å². The number of halogens is 1. The lowest BCUT2D eigenvalue weighted by atomic mass is 10.00. The van der Waals surface area contributed by atoms with Gasteiger partial charge >= 0.3 is 0 Å². The Hall–Kier alpha value is -2.20. The molecule has 1 aliphatic heterocycles. The molecule has 4 nitrogen and oxygen atoms in total. The lowest BCUT2D eigenvalue weighted by Gasteiger charge is -2.26. The molecule has 0 saturated carbocycles. The zero-order valence-electron chi connectivity index (χ0n) is 11.2. The Kier molecular flexibility index (Phi) is 3.71. The average Bonchev–Trinajstić information content (AvgIpc) is 2.50. The number of hydrogen-bond donors (Lipinski definition) is 2. The predicted octanol–water partition coefficient (Wildman–Crippen LogP) is 3.30. The SMILES string of the molecule is O=C(N[C@@H]1CCOc2ccccc21)c1cc(Cl)ccc1O. The largest absolute Gasteiger partial charge is 0.507 e.